The number of alkyl halides is 3. The number of aryl methyl sites for hydroxylation is 2. The predicted octanol–water partition coefficient (Wildman–Crippen LogP) is 5.58. The molecule has 2 heterocycles. The van der Waals surface area contributed by atoms with Gasteiger partial charge in [-0.05, 0) is 61.8 Å². The molecule has 4 rings (SSSR count). The number of nitrogens with zero attached hydrogens (tertiary/aromatic N) is 2. The van der Waals surface area contributed by atoms with Crippen LogP contribution in [0.15, 0.2) is 36.7 Å². The Morgan fingerprint density at radius 1 is 1.27 bits per heavy atom. The van der Waals surface area contributed by atoms with Crippen LogP contribution >= 0.6 is 0 Å². The first-order valence-electron chi connectivity index (χ1n) is 11.3. The van der Waals surface area contributed by atoms with Crippen molar-refractivity contribution in [2.75, 3.05) is 18.5 Å². The molecule has 8 heteroatoms. The van der Waals surface area contributed by atoms with E-state index in [9.17, 15) is 23.1 Å². The minimum atomic E-state index is -4.24. The number of halogens is 3. The molecule has 2 N–H and O–H groups in total. The molecule has 1 saturated carbocycles. The van der Waals surface area contributed by atoms with Crippen LogP contribution in [0.4, 0.5) is 18.9 Å². The number of pyridine rings is 1. The molecule has 0 bridgehead atoms. The standard InChI is InChI=1S/C25H28F3N3O2/c1-16-11-19(6-7-20(16)23(33)13-17-4-5-17)22-14-30-24-21(29-9-8-25(26,27)28)12-18(3-2-10-32)15-31(22)24/h6-7,11-12,14-15,17,29,32H,2-5,8-10,13H2,1H3. The number of carbonyl (C=O) groups excluding carboxylic acids is 1. The summed E-state index contributed by atoms with van der Waals surface area (Å²) >= 11 is 0. The normalized spacial score (nSPS) is 14.1. The van der Waals surface area contributed by atoms with E-state index in [0.717, 1.165) is 40.8 Å². The predicted molar refractivity (Wildman–Crippen MR) is 122 cm³/mol. The number of aliphatic hydroxyl groups is 1. The van der Waals surface area contributed by atoms with Gasteiger partial charge < -0.3 is 10.4 Å². The molecule has 2 aromatic heterocycles. The molecule has 1 fully saturated rings. The molecule has 0 spiro atoms. The second-order valence-electron chi connectivity index (χ2n) is 8.82. The Morgan fingerprint density at radius 2 is 2.06 bits per heavy atom. The summed E-state index contributed by atoms with van der Waals surface area (Å²) in [7, 11) is 0. The number of fused-ring (bicyclic) bond motifs is 1. The first kappa shape index (κ1) is 23.3. The molecule has 3 aromatic rings. The van der Waals surface area contributed by atoms with E-state index in [1.54, 1.807) is 12.3 Å². The van der Waals surface area contributed by atoms with Crippen molar-refractivity contribution in [1.82, 2.24) is 9.38 Å². The fraction of sp³-hybridized carbons (Fsp3) is 0.440. The van der Waals surface area contributed by atoms with Crippen LogP contribution in [0.25, 0.3) is 16.9 Å². The lowest BCUT2D eigenvalue weighted by Gasteiger charge is -2.13. The summed E-state index contributed by atoms with van der Waals surface area (Å²) in [6.45, 7) is 1.70. The molecule has 5 nitrogen and oxygen atoms in total. The summed E-state index contributed by atoms with van der Waals surface area (Å²) in [5.74, 6) is 0.693. The van der Waals surface area contributed by atoms with Gasteiger partial charge in [0.05, 0.1) is 24.0 Å². The van der Waals surface area contributed by atoms with E-state index >= 15 is 0 Å². The van der Waals surface area contributed by atoms with Crippen LogP contribution in [0.2, 0.25) is 0 Å². The highest BCUT2D eigenvalue weighted by molar-refractivity contribution is 5.98. The van der Waals surface area contributed by atoms with Crippen LogP contribution in [-0.4, -0.2) is 39.6 Å². The van der Waals surface area contributed by atoms with E-state index in [1.807, 2.05) is 35.7 Å². The maximum Gasteiger partial charge on any atom is 0.390 e. The van der Waals surface area contributed by atoms with Crippen LogP contribution in [0.5, 0.6) is 0 Å². The lowest BCUT2D eigenvalue weighted by molar-refractivity contribution is -0.131. The van der Waals surface area contributed by atoms with Gasteiger partial charge in [0.25, 0.3) is 0 Å². The first-order chi connectivity index (χ1) is 15.7. The smallest absolute Gasteiger partial charge is 0.390 e. The van der Waals surface area contributed by atoms with Crippen LogP contribution in [0.3, 0.4) is 0 Å². The summed E-state index contributed by atoms with van der Waals surface area (Å²) in [6, 6.07) is 7.50. The second kappa shape index (κ2) is 9.55. The van der Waals surface area contributed by atoms with E-state index in [4.69, 9.17) is 0 Å². The SMILES string of the molecule is Cc1cc(-c2cnc3c(NCCC(F)(F)F)cc(CCCO)cn23)ccc1C(=O)CC1CC1. The Kier molecular flexibility index (Phi) is 6.74. The van der Waals surface area contributed by atoms with E-state index < -0.39 is 12.6 Å². The van der Waals surface area contributed by atoms with Gasteiger partial charge in [0.1, 0.15) is 0 Å². The van der Waals surface area contributed by atoms with E-state index in [-0.39, 0.29) is 18.9 Å². The maximum absolute atomic E-state index is 12.6. The van der Waals surface area contributed by atoms with Gasteiger partial charge in [0, 0.05) is 36.9 Å². The van der Waals surface area contributed by atoms with Crippen molar-refractivity contribution < 1.29 is 23.1 Å². The number of imidazole rings is 1. The second-order valence-corrected chi connectivity index (χ2v) is 8.82. The third-order valence-electron chi connectivity index (χ3n) is 6.00. The van der Waals surface area contributed by atoms with E-state index in [0.29, 0.717) is 36.5 Å². The molecule has 1 aliphatic carbocycles. The third kappa shape index (κ3) is 5.74. The highest BCUT2D eigenvalue weighted by atomic mass is 19.4. The molecule has 1 aliphatic rings. The number of carbonyl (C=O) groups is 1. The summed E-state index contributed by atoms with van der Waals surface area (Å²) in [5.41, 5.74) is 5.24. The van der Waals surface area contributed by atoms with Crippen LogP contribution in [0.1, 0.15) is 53.6 Å². The number of anilines is 1. The molecule has 176 valence electrons. The maximum atomic E-state index is 12.6. The van der Waals surface area contributed by atoms with Gasteiger partial charge in [-0.2, -0.15) is 13.2 Å². The molecular weight excluding hydrogens is 431 g/mol. The van der Waals surface area contributed by atoms with Gasteiger partial charge in [0.15, 0.2) is 11.4 Å². The summed E-state index contributed by atoms with van der Waals surface area (Å²) in [4.78, 5) is 17.0. The average molecular weight is 460 g/mol. The summed E-state index contributed by atoms with van der Waals surface area (Å²) < 4.78 is 39.8. The molecular formula is C25H28F3N3O2. The molecule has 0 saturated heterocycles. The molecule has 0 unspecified atom stereocenters. The van der Waals surface area contributed by atoms with E-state index in [2.05, 4.69) is 10.3 Å². The van der Waals surface area contributed by atoms with Crippen LogP contribution in [-0.2, 0) is 6.42 Å². The van der Waals surface area contributed by atoms with Crippen molar-refractivity contribution in [2.45, 2.75) is 51.6 Å². The third-order valence-corrected chi connectivity index (χ3v) is 6.00. The van der Waals surface area contributed by atoms with Gasteiger partial charge in [-0.1, -0.05) is 12.1 Å². The number of benzene rings is 1. The van der Waals surface area contributed by atoms with E-state index in [1.165, 1.54) is 0 Å². The number of rotatable bonds is 10. The molecule has 33 heavy (non-hydrogen) atoms. The van der Waals surface area contributed by atoms with Crippen molar-refractivity contribution >= 4 is 17.1 Å². The molecule has 1 aromatic carbocycles. The summed E-state index contributed by atoms with van der Waals surface area (Å²) in [6.07, 6.45) is 2.41. The number of ketones is 1. The summed E-state index contributed by atoms with van der Waals surface area (Å²) in [5, 5.41) is 12.1. The van der Waals surface area contributed by atoms with Crippen molar-refractivity contribution in [3.05, 3.63) is 53.3 Å². The number of aliphatic hydroxyl groups excluding tert-OH is 1. The van der Waals surface area contributed by atoms with Gasteiger partial charge in [0.2, 0.25) is 0 Å². The molecule has 0 aliphatic heterocycles. The number of Topliss-reactive ketones (excluding diaryl/α,β-unsaturated/α-hetero) is 1. The number of nitrogens with one attached hydrogen (secondary N) is 1. The highest BCUT2D eigenvalue weighted by Gasteiger charge is 2.27. The quantitative estimate of drug-likeness (QED) is 0.389. The van der Waals surface area contributed by atoms with Gasteiger partial charge in [-0.25, -0.2) is 4.98 Å². The Labute approximate surface area is 190 Å². The minimum absolute atomic E-state index is 0.0290. The molecule has 0 amide bonds. The van der Waals surface area contributed by atoms with Crippen molar-refractivity contribution in [3.63, 3.8) is 0 Å². The van der Waals surface area contributed by atoms with Crippen LogP contribution in [0, 0.1) is 12.8 Å². The molecule has 0 atom stereocenters. The number of hydrogen-bond acceptors (Lipinski definition) is 4. The largest absolute Gasteiger partial charge is 0.396 e. The number of hydrogen-bond donors (Lipinski definition) is 2. The Bertz CT molecular complexity index is 1150. The van der Waals surface area contributed by atoms with Crippen LogP contribution < -0.4 is 5.32 Å². The highest BCUT2D eigenvalue weighted by Crippen LogP contribution is 2.34. The average Bonchev–Trinajstić information content (AvgIpc) is 3.46. The Hall–Kier alpha value is -2.87. The Balaban J connectivity index is 1.66. The topological polar surface area (TPSA) is 66.6 Å². The lowest BCUT2D eigenvalue weighted by Crippen LogP contribution is -2.15. The zero-order valence-corrected chi connectivity index (χ0v) is 18.6. The zero-order valence-electron chi connectivity index (χ0n) is 18.6. The lowest BCUT2D eigenvalue weighted by atomic mass is 9.98. The fourth-order valence-electron chi connectivity index (χ4n) is 4.08. The van der Waals surface area contributed by atoms with Gasteiger partial charge >= 0.3 is 6.18 Å². The monoisotopic (exact) mass is 459 g/mol. The minimum Gasteiger partial charge on any atom is -0.396 e. The Morgan fingerprint density at radius 3 is 2.73 bits per heavy atom. The number of aromatic nitrogens is 2. The first-order valence-corrected chi connectivity index (χ1v) is 11.3. The van der Waals surface area contributed by atoms with Gasteiger partial charge in [-0.3, -0.25) is 9.20 Å². The fourth-order valence-corrected chi connectivity index (χ4v) is 4.08. The van der Waals surface area contributed by atoms with Crippen molar-refractivity contribution in [3.8, 4) is 11.3 Å². The molecule has 0 radical (unpaired) electrons. The van der Waals surface area contributed by atoms with Gasteiger partial charge in [-0.15, -0.1) is 0 Å². The zero-order chi connectivity index (χ0) is 23.6. The van der Waals surface area contributed by atoms with Crippen molar-refractivity contribution in [1.29, 1.82) is 0 Å². The van der Waals surface area contributed by atoms with Crippen molar-refractivity contribution in [2.24, 2.45) is 5.92 Å².